The number of nitrogens with zero attached hydrogens (tertiary/aromatic N) is 2. The molecule has 1 unspecified atom stereocenters. The van der Waals surface area contributed by atoms with Gasteiger partial charge in [-0.05, 0) is 81.0 Å². The summed E-state index contributed by atoms with van der Waals surface area (Å²) in [7, 11) is 0. The van der Waals surface area contributed by atoms with Crippen molar-refractivity contribution in [3.8, 4) is 0 Å². The molecule has 3 heteroatoms. The van der Waals surface area contributed by atoms with Crippen LogP contribution in [0.1, 0.15) is 62.3 Å². The van der Waals surface area contributed by atoms with Crippen molar-refractivity contribution in [3.05, 3.63) is 69.7 Å². The summed E-state index contributed by atoms with van der Waals surface area (Å²) in [5.41, 5.74) is 5.70. The Morgan fingerprint density at radius 3 is 2.56 bits per heavy atom. The number of benzene rings is 2. The Labute approximate surface area is 169 Å². The summed E-state index contributed by atoms with van der Waals surface area (Å²) in [5.74, 6) is 0.665. The Hall–Kier alpha value is -1.35. The van der Waals surface area contributed by atoms with Gasteiger partial charge in [0.25, 0.3) is 0 Å². The topological polar surface area (TPSA) is 6.48 Å². The molecule has 2 nitrogen and oxygen atoms in total. The Balaban J connectivity index is 1.55. The summed E-state index contributed by atoms with van der Waals surface area (Å²) in [4.78, 5) is 5.17. The molecule has 1 saturated heterocycles. The average molecular weight is 383 g/mol. The maximum atomic E-state index is 6.21. The fourth-order valence-corrected chi connectivity index (χ4v) is 4.84. The molecule has 0 aliphatic carbocycles. The summed E-state index contributed by atoms with van der Waals surface area (Å²) >= 11 is 6.21. The molecule has 4 rings (SSSR count). The number of rotatable bonds is 4. The van der Waals surface area contributed by atoms with Crippen molar-refractivity contribution in [1.82, 2.24) is 9.80 Å². The zero-order valence-electron chi connectivity index (χ0n) is 17.0. The van der Waals surface area contributed by atoms with E-state index < -0.39 is 0 Å². The van der Waals surface area contributed by atoms with Gasteiger partial charge in [-0.3, -0.25) is 4.90 Å². The van der Waals surface area contributed by atoms with Gasteiger partial charge in [0.15, 0.2) is 0 Å². The lowest BCUT2D eigenvalue weighted by Gasteiger charge is -2.36. The molecule has 1 fully saturated rings. The van der Waals surface area contributed by atoms with Gasteiger partial charge in [-0.2, -0.15) is 0 Å². The molecule has 0 N–H and O–H groups in total. The molecule has 0 bridgehead atoms. The Kier molecular flexibility index (Phi) is 5.09. The number of halogens is 1. The van der Waals surface area contributed by atoms with E-state index in [-0.39, 0.29) is 5.54 Å². The monoisotopic (exact) mass is 382 g/mol. The van der Waals surface area contributed by atoms with Gasteiger partial charge in [-0.25, -0.2) is 0 Å². The molecule has 0 radical (unpaired) electrons. The molecule has 1 atom stereocenters. The molecule has 144 valence electrons. The third-order valence-electron chi connectivity index (χ3n) is 6.70. The predicted molar refractivity (Wildman–Crippen MR) is 114 cm³/mol. The molecule has 0 spiro atoms. The Bertz CT molecular complexity index is 827. The minimum Gasteiger partial charge on any atom is -0.300 e. The molecule has 2 aliphatic rings. The Morgan fingerprint density at radius 2 is 1.81 bits per heavy atom. The van der Waals surface area contributed by atoms with E-state index in [0.717, 1.165) is 18.1 Å². The third-order valence-corrected chi connectivity index (χ3v) is 6.93. The van der Waals surface area contributed by atoms with E-state index in [0.29, 0.717) is 12.0 Å². The first-order chi connectivity index (χ1) is 12.8. The summed E-state index contributed by atoms with van der Waals surface area (Å²) in [6, 6.07) is 16.3. The van der Waals surface area contributed by atoms with Crippen molar-refractivity contribution < 1.29 is 0 Å². The van der Waals surface area contributed by atoms with Crippen LogP contribution in [0.5, 0.6) is 0 Å². The van der Waals surface area contributed by atoms with Crippen LogP contribution in [0.25, 0.3) is 0 Å². The van der Waals surface area contributed by atoms with Crippen molar-refractivity contribution in [2.45, 2.75) is 64.7 Å². The van der Waals surface area contributed by atoms with Crippen LogP contribution in [0, 0.1) is 0 Å². The normalized spacial score (nSPS) is 21.2. The predicted octanol–water partition coefficient (Wildman–Crippen LogP) is 5.79. The van der Waals surface area contributed by atoms with Crippen LogP contribution in [0.2, 0.25) is 5.02 Å². The van der Waals surface area contributed by atoms with Gasteiger partial charge in [0, 0.05) is 36.2 Å². The van der Waals surface area contributed by atoms with Gasteiger partial charge in [-0.15, -0.1) is 0 Å². The lowest BCUT2D eigenvalue weighted by Crippen LogP contribution is -2.37. The van der Waals surface area contributed by atoms with Crippen molar-refractivity contribution in [2.75, 3.05) is 13.1 Å². The molecule has 2 heterocycles. The van der Waals surface area contributed by atoms with E-state index in [4.69, 9.17) is 11.6 Å². The van der Waals surface area contributed by atoms with Crippen LogP contribution in [0.4, 0.5) is 0 Å². The van der Waals surface area contributed by atoms with Crippen LogP contribution >= 0.6 is 11.6 Å². The number of fused-ring (bicyclic) bond motifs is 1. The molecule has 27 heavy (non-hydrogen) atoms. The SMILES string of the molecule is CC(C)N1CCC(c2cccc(C(C)(C)N3Cc4ccc(Cl)cc4C3)c2)C1. The zero-order valence-corrected chi connectivity index (χ0v) is 17.8. The molecule has 0 aromatic heterocycles. The van der Waals surface area contributed by atoms with Crippen molar-refractivity contribution in [1.29, 1.82) is 0 Å². The Morgan fingerprint density at radius 1 is 1.04 bits per heavy atom. The molecule has 2 aliphatic heterocycles. The maximum Gasteiger partial charge on any atom is 0.0411 e. The minimum atomic E-state index is -0.00214. The first-order valence-electron chi connectivity index (χ1n) is 10.2. The van der Waals surface area contributed by atoms with E-state index >= 15 is 0 Å². The molecular weight excluding hydrogens is 352 g/mol. The fourth-order valence-electron chi connectivity index (χ4n) is 4.64. The lowest BCUT2D eigenvalue weighted by molar-refractivity contribution is 0.117. The standard InChI is InChI=1S/C24H31ClN2/c1-17(2)26-11-10-20(14-26)18-6-5-7-22(12-18)24(3,4)27-15-19-8-9-23(25)13-21(19)16-27/h5-9,12-13,17,20H,10-11,14-16H2,1-4H3. The highest BCUT2D eigenvalue weighted by molar-refractivity contribution is 6.30. The van der Waals surface area contributed by atoms with Gasteiger partial charge in [0.2, 0.25) is 0 Å². The van der Waals surface area contributed by atoms with Gasteiger partial charge in [0.05, 0.1) is 0 Å². The smallest absolute Gasteiger partial charge is 0.0411 e. The summed E-state index contributed by atoms with van der Waals surface area (Å²) in [6.45, 7) is 13.7. The van der Waals surface area contributed by atoms with Gasteiger partial charge < -0.3 is 4.90 Å². The summed E-state index contributed by atoms with van der Waals surface area (Å²) < 4.78 is 0. The minimum absolute atomic E-state index is 0.00214. The maximum absolute atomic E-state index is 6.21. The van der Waals surface area contributed by atoms with Gasteiger partial charge >= 0.3 is 0 Å². The molecular formula is C24H31ClN2. The second-order valence-corrected chi connectivity index (χ2v) is 9.46. The first kappa shape index (κ1) is 19.0. The second kappa shape index (κ2) is 7.24. The van der Waals surface area contributed by atoms with Crippen molar-refractivity contribution in [3.63, 3.8) is 0 Å². The van der Waals surface area contributed by atoms with E-state index in [2.05, 4.69) is 73.9 Å². The first-order valence-corrected chi connectivity index (χ1v) is 10.6. The number of likely N-dealkylation sites (tertiary alicyclic amines) is 1. The average Bonchev–Trinajstić information content (AvgIpc) is 3.29. The lowest BCUT2D eigenvalue weighted by atomic mass is 9.88. The van der Waals surface area contributed by atoms with Gasteiger partial charge in [-0.1, -0.05) is 41.9 Å². The zero-order chi connectivity index (χ0) is 19.2. The van der Waals surface area contributed by atoms with E-state index in [9.17, 15) is 0 Å². The molecule has 2 aromatic carbocycles. The molecule has 0 amide bonds. The highest BCUT2D eigenvalue weighted by Gasteiger charge is 2.34. The fraction of sp³-hybridized carbons (Fsp3) is 0.500. The second-order valence-electron chi connectivity index (χ2n) is 9.03. The quantitative estimate of drug-likeness (QED) is 0.660. The van der Waals surface area contributed by atoms with Crippen LogP contribution in [-0.2, 0) is 18.6 Å². The largest absolute Gasteiger partial charge is 0.300 e. The van der Waals surface area contributed by atoms with E-state index in [1.807, 2.05) is 6.07 Å². The molecule has 0 saturated carbocycles. The van der Waals surface area contributed by atoms with E-state index in [1.54, 1.807) is 0 Å². The number of hydrogen-bond acceptors (Lipinski definition) is 2. The third kappa shape index (κ3) is 3.68. The van der Waals surface area contributed by atoms with Gasteiger partial charge in [0.1, 0.15) is 0 Å². The van der Waals surface area contributed by atoms with Crippen molar-refractivity contribution >= 4 is 11.6 Å². The van der Waals surface area contributed by atoms with Crippen molar-refractivity contribution in [2.24, 2.45) is 0 Å². The number of hydrogen-bond donors (Lipinski definition) is 0. The summed E-state index contributed by atoms with van der Waals surface area (Å²) in [6.07, 6.45) is 1.27. The van der Waals surface area contributed by atoms with Crippen LogP contribution in [-0.4, -0.2) is 28.9 Å². The van der Waals surface area contributed by atoms with Crippen LogP contribution < -0.4 is 0 Å². The summed E-state index contributed by atoms with van der Waals surface area (Å²) in [5, 5.41) is 0.839. The highest BCUT2D eigenvalue weighted by Crippen LogP contribution is 2.38. The van der Waals surface area contributed by atoms with E-state index in [1.165, 1.54) is 41.8 Å². The van der Waals surface area contributed by atoms with Crippen LogP contribution in [0.3, 0.4) is 0 Å². The highest BCUT2D eigenvalue weighted by atomic mass is 35.5. The molecule has 2 aromatic rings. The van der Waals surface area contributed by atoms with Crippen LogP contribution in [0.15, 0.2) is 42.5 Å².